The fourth-order valence-electron chi connectivity index (χ4n) is 1.42. The molecule has 8 heteroatoms. The molecule has 110 valence electrons. The van der Waals surface area contributed by atoms with E-state index < -0.39 is 40.8 Å². The molecule has 0 amide bonds. The quantitative estimate of drug-likeness (QED) is 0.714. The van der Waals surface area contributed by atoms with Gasteiger partial charge < -0.3 is 5.11 Å². The Morgan fingerprint density at radius 3 is 2.22 bits per heavy atom. The summed E-state index contributed by atoms with van der Waals surface area (Å²) in [7, 11) is -3.73. The maximum Gasteiger partial charge on any atom is 0.389 e. The van der Waals surface area contributed by atoms with Crippen molar-refractivity contribution in [2.75, 3.05) is 12.4 Å². The van der Waals surface area contributed by atoms with Crippen molar-refractivity contribution in [1.82, 2.24) is 4.72 Å². The van der Waals surface area contributed by atoms with Crippen molar-refractivity contribution < 1.29 is 26.7 Å². The fraction of sp³-hybridized carbons (Fsp3) is 1.00. The molecule has 0 radical (unpaired) electrons. The summed E-state index contributed by atoms with van der Waals surface area (Å²) in [5.41, 5.74) is 0. The highest BCUT2D eigenvalue weighted by Crippen LogP contribution is 2.21. The van der Waals surface area contributed by atoms with E-state index in [-0.39, 0.29) is 18.9 Å². The molecule has 0 aromatic heterocycles. The molecule has 1 atom stereocenters. The zero-order chi connectivity index (χ0) is 14.4. The Morgan fingerprint density at radius 1 is 1.28 bits per heavy atom. The lowest BCUT2D eigenvalue weighted by molar-refractivity contribution is -0.134. The maximum atomic E-state index is 11.9. The molecular weight excluding hydrogens is 271 g/mol. The Kier molecular flexibility index (Phi) is 7.16. The molecule has 0 fully saturated rings. The first-order valence-corrected chi connectivity index (χ1v) is 7.40. The van der Waals surface area contributed by atoms with Crippen LogP contribution < -0.4 is 4.72 Å². The minimum atomic E-state index is -4.34. The van der Waals surface area contributed by atoms with E-state index in [0.717, 1.165) is 0 Å². The van der Waals surface area contributed by atoms with Crippen molar-refractivity contribution in [3.63, 3.8) is 0 Å². The largest absolute Gasteiger partial charge is 0.396 e. The van der Waals surface area contributed by atoms with Crippen LogP contribution in [-0.4, -0.2) is 38.1 Å². The van der Waals surface area contributed by atoms with E-state index in [9.17, 15) is 21.6 Å². The van der Waals surface area contributed by atoms with Crippen molar-refractivity contribution in [2.45, 2.75) is 45.3 Å². The number of aliphatic hydroxyl groups is 1. The second kappa shape index (κ2) is 7.30. The molecule has 0 aliphatic rings. The molecule has 0 aromatic rings. The van der Waals surface area contributed by atoms with Gasteiger partial charge in [-0.15, -0.1) is 0 Å². The summed E-state index contributed by atoms with van der Waals surface area (Å²) in [6, 6.07) is -0.453. The third-order valence-corrected chi connectivity index (χ3v) is 3.94. The second-order valence-electron chi connectivity index (χ2n) is 4.52. The lowest BCUT2D eigenvalue weighted by Gasteiger charge is -2.21. The Balaban J connectivity index is 4.28. The van der Waals surface area contributed by atoms with Crippen LogP contribution in [0.1, 0.15) is 33.1 Å². The molecule has 18 heavy (non-hydrogen) atoms. The standard InChI is InChI=1S/C10H20F3NO3S/c1-8(2)9(4-6-15)14-18(16,17)7-3-5-10(11,12)13/h8-9,14-15H,3-7H2,1-2H3. The molecule has 0 aromatic carbocycles. The minimum absolute atomic E-state index is 0.0328. The number of rotatable bonds is 8. The van der Waals surface area contributed by atoms with E-state index >= 15 is 0 Å². The Bertz CT molecular complexity index is 328. The van der Waals surface area contributed by atoms with Crippen molar-refractivity contribution in [1.29, 1.82) is 0 Å². The number of alkyl halides is 3. The van der Waals surface area contributed by atoms with E-state index in [1.165, 1.54) is 0 Å². The van der Waals surface area contributed by atoms with E-state index in [4.69, 9.17) is 5.11 Å². The molecule has 0 rings (SSSR count). The number of hydrogen-bond donors (Lipinski definition) is 2. The summed E-state index contributed by atoms with van der Waals surface area (Å²) in [5, 5.41) is 8.78. The first-order chi connectivity index (χ1) is 8.07. The van der Waals surface area contributed by atoms with Gasteiger partial charge in [0, 0.05) is 19.1 Å². The molecule has 0 heterocycles. The Hall–Kier alpha value is -0.340. The number of hydrogen-bond acceptors (Lipinski definition) is 3. The smallest absolute Gasteiger partial charge is 0.389 e. The summed E-state index contributed by atoms with van der Waals surface area (Å²) >= 11 is 0. The topological polar surface area (TPSA) is 66.4 Å². The van der Waals surface area contributed by atoms with Crippen molar-refractivity contribution in [2.24, 2.45) is 5.92 Å². The van der Waals surface area contributed by atoms with Crippen molar-refractivity contribution in [3.05, 3.63) is 0 Å². The lowest BCUT2D eigenvalue weighted by atomic mass is 10.0. The number of sulfonamides is 1. The highest BCUT2D eigenvalue weighted by molar-refractivity contribution is 7.89. The van der Waals surface area contributed by atoms with Crippen LogP contribution >= 0.6 is 0 Å². The summed E-state index contributed by atoms with van der Waals surface area (Å²) in [5.74, 6) is -0.587. The predicted molar refractivity (Wildman–Crippen MR) is 62.5 cm³/mol. The van der Waals surface area contributed by atoms with Crippen LogP contribution in [0.4, 0.5) is 13.2 Å². The number of halogens is 3. The molecule has 4 nitrogen and oxygen atoms in total. The average molecular weight is 291 g/mol. The minimum Gasteiger partial charge on any atom is -0.396 e. The zero-order valence-corrected chi connectivity index (χ0v) is 11.3. The van der Waals surface area contributed by atoms with Crippen LogP contribution in [0, 0.1) is 5.92 Å². The maximum absolute atomic E-state index is 11.9. The van der Waals surface area contributed by atoms with Gasteiger partial charge in [0.15, 0.2) is 0 Å². The highest BCUT2D eigenvalue weighted by atomic mass is 32.2. The molecular formula is C10H20F3NO3S. The Labute approximate surface area is 106 Å². The van der Waals surface area contributed by atoms with E-state index in [2.05, 4.69) is 4.72 Å². The zero-order valence-electron chi connectivity index (χ0n) is 10.5. The van der Waals surface area contributed by atoms with Gasteiger partial charge in [0.2, 0.25) is 10.0 Å². The predicted octanol–water partition coefficient (Wildman–Crippen LogP) is 1.66. The SMILES string of the molecule is CC(C)C(CCO)NS(=O)(=O)CCCC(F)(F)F. The van der Waals surface area contributed by atoms with E-state index in [1.54, 1.807) is 13.8 Å². The molecule has 1 unspecified atom stereocenters. The molecule has 2 N–H and O–H groups in total. The molecule has 0 bridgehead atoms. The fourth-order valence-corrected chi connectivity index (χ4v) is 2.91. The van der Waals surface area contributed by atoms with Crippen LogP contribution in [0.5, 0.6) is 0 Å². The van der Waals surface area contributed by atoms with Gasteiger partial charge in [0.25, 0.3) is 0 Å². The highest BCUT2D eigenvalue weighted by Gasteiger charge is 2.28. The monoisotopic (exact) mass is 291 g/mol. The van der Waals surface area contributed by atoms with Crippen LogP contribution in [0.15, 0.2) is 0 Å². The van der Waals surface area contributed by atoms with Gasteiger partial charge in [-0.3, -0.25) is 0 Å². The summed E-state index contributed by atoms with van der Waals surface area (Å²) in [6.45, 7) is 3.38. The van der Waals surface area contributed by atoms with Crippen LogP contribution in [0.3, 0.4) is 0 Å². The van der Waals surface area contributed by atoms with E-state index in [0.29, 0.717) is 0 Å². The second-order valence-corrected chi connectivity index (χ2v) is 6.39. The van der Waals surface area contributed by atoms with Gasteiger partial charge in [-0.25, -0.2) is 13.1 Å². The normalized spacial score (nSPS) is 15.1. The summed E-state index contributed by atoms with van der Waals surface area (Å²) in [4.78, 5) is 0. The third-order valence-electron chi connectivity index (χ3n) is 2.45. The van der Waals surface area contributed by atoms with Crippen molar-refractivity contribution in [3.8, 4) is 0 Å². The third kappa shape index (κ3) is 8.71. The molecule has 0 aliphatic carbocycles. The summed E-state index contributed by atoms with van der Waals surface area (Å²) < 4.78 is 61.1. The number of aliphatic hydroxyl groups excluding tert-OH is 1. The van der Waals surface area contributed by atoms with Crippen LogP contribution in [0.2, 0.25) is 0 Å². The lowest BCUT2D eigenvalue weighted by Crippen LogP contribution is -2.40. The first-order valence-electron chi connectivity index (χ1n) is 5.75. The number of nitrogens with one attached hydrogen (secondary N) is 1. The van der Waals surface area contributed by atoms with Gasteiger partial charge in [0.1, 0.15) is 0 Å². The molecule has 0 saturated carbocycles. The van der Waals surface area contributed by atoms with Gasteiger partial charge in [-0.1, -0.05) is 13.8 Å². The van der Waals surface area contributed by atoms with Crippen LogP contribution in [-0.2, 0) is 10.0 Å². The first kappa shape index (κ1) is 17.7. The van der Waals surface area contributed by atoms with Gasteiger partial charge in [-0.2, -0.15) is 13.2 Å². The van der Waals surface area contributed by atoms with Crippen molar-refractivity contribution >= 4 is 10.0 Å². The molecule has 0 aliphatic heterocycles. The van der Waals surface area contributed by atoms with Gasteiger partial charge >= 0.3 is 6.18 Å². The van der Waals surface area contributed by atoms with Crippen LogP contribution in [0.25, 0.3) is 0 Å². The Morgan fingerprint density at radius 2 is 1.83 bits per heavy atom. The summed E-state index contributed by atoms with van der Waals surface area (Å²) in [6.07, 6.45) is -5.66. The van der Waals surface area contributed by atoms with Gasteiger partial charge in [-0.05, 0) is 18.8 Å². The average Bonchev–Trinajstić information content (AvgIpc) is 2.13. The molecule has 0 spiro atoms. The molecule has 0 saturated heterocycles. The van der Waals surface area contributed by atoms with Gasteiger partial charge in [0.05, 0.1) is 5.75 Å². The van der Waals surface area contributed by atoms with E-state index in [1.807, 2.05) is 0 Å².